The fraction of sp³-hybridized carbons (Fsp3) is 0.600. The van der Waals surface area contributed by atoms with E-state index < -0.39 is 0 Å². The molecule has 1 aliphatic rings. The Morgan fingerprint density at radius 1 is 1.33 bits per heavy atom. The van der Waals surface area contributed by atoms with Crippen LogP contribution in [0.25, 0.3) is 0 Å². The van der Waals surface area contributed by atoms with E-state index in [9.17, 15) is 9.59 Å². The first-order valence-corrected chi connectivity index (χ1v) is 8.12. The number of hydrogen-bond acceptors (Lipinski definition) is 4. The molecule has 6 heteroatoms. The van der Waals surface area contributed by atoms with Crippen LogP contribution < -0.4 is 5.73 Å². The normalized spacial score (nSPS) is 20.6. The Balaban J connectivity index is 2.14. The molecule has 0 spiro atoms. The molecule has 0 aromatic carbocycles. The van der Waals surface area contributed by atoms with Gasteiger partial charge in [-0.3, -0.25) is 9.59 Å². The van der Waals surface area contributed by atoms with Crippen LogP contribution in [-0.4, -0.2) is 54.8 Å². The average Bonchev–Trinajstić information content (AvgIpc) is 2.82. The summed E-state index contributed by atoms with van der Waals surface area (Å²) in [4.78, 5) is 29.1. The predicted octanol–water partition coefficient (Wildman–Crippen LogP) is 1.36. The van der Waals surface area contributed by atoms with Crippen LogP contribution in [0.4, 0.5) is 0 Å². The van der Waals surface area contributed by atoms with Crippen LogP contribution in [0.5, 0.6) is 0 Å². The molecule has 2 N–H and O–H groups in total. The van der Waals surface area contributed by atoms with E-state index in [1.807, 2.05) is 18.5 Å². The molecule has 1 unspecified atom stereocenters. The molecule has 2 amide bonds. The smallest absolute Gasteiger partial charge is 0.254 e. The van der Waals surface area contributed by atoms with Crippen LogP contribution in [0.15, 0.2) is 11.4 Å². The van der Waals surface area contributed by atoms with Crippen molar-refractivity contribution in [2.24, 2.45) is 11.7 Å². The number of amides is 2. The molecular weight excluding hydrogens is 286 g/mol. The van der Waals surface area contributed by atoms with Crippen LogP contribution in [0.3, 0.4) is 0 Å². The average molecular weight is 309 g/mol. The van der Waals surface area contributed by atoms with Crippen molar-refractivity contribution in [1.29, 1.82) is 0 Å². The highest BCUT2D eigenvalue weighted by atomic mass is 32.1. The van der Waals surface area contributed by atoms with Gasteiger partial charge >= 0.3 is 0 Å². The zero-order chi connectivity index (χ0) is 15.6. The van der Waals surface area contributed by atoms with Crippen molar-refractivity contribution in [3.63, 3.8) is 0 Å². The van der Waals surface area contributed by atoms with E-state index >= 15 is 0 Å². The molecule has 0 bridgehead atoms. The van der Waals surface area contributed by atoms with Crippen LogP contribution in [0.1, 0.15) is 35.0 Å². The molecule has 0 aliphatic carbocycles. The van der Waals surface area contributed by atoms with Crippen LogP contribution in [-0.2, 0) is 4.79 Å². The third kappa shape index (κ3) is 3.83. The molecule has 1 fully saturated rings. The van der Waals surface area contributed by atoms with Gasteiger partial charge in [0.1, 0.15) is 0 Å². The molecule has 1 aliphatic heterocycles. The molecule has 5 nitrogen and oxygen atoms in total. The van der Waals surface area contributed by atoms with Crippen molar-refractivity contribution in [1.82, 2.24) is 9.80 Å². The molecular formula is C15H23N3O2S. The maximum atomic E-state index is 12.6. The van der Waals surface area contributed by atoms with Crippen LogP contribution in [0.2, 0.25) is 0 Å². The van der Waals surface area contributed by atoms with Crippen molar-refractivity contribution < 1.29 is 9.59 Å². The standard InChI is InChI=1S/C15H23N3O2S/c1-10(2)13-6-11(9-21-13)15(20)18-5-4-17(3)7-12(8-18)14(16)19/h6,9-10,12H,4-5,7-8H2,1-3H3,(H2,16,19). The number of thiophene rings is 1. The summed E-state index contributed by atoms with van der Waals surface area (Å²) < 4.78 is 0. The Kier molecular flexibility index (Phi) is 5.00. The van der Waals surface area contributed by atoms with Crippen molar-refractivity contribution in [3.8, 4) is 0 Å². The molecule has 1 atom stereocenters. The summed E-state index contributed by atoms with van der Waals surface area (Å²) in [5, 5.41) is 1.91. The third-order valence-corrected chi connectivity index (χ3v) is 5.08. The van der Waals surface area contributed by atoms with E-state index in [-0.39, 0.29) is 17.7 Å². The van der Waals surface area contributed by atoms with Crippen molar-refractivity contribution in [3.05, 3.63) is 21.9 Å². The first kappa shape index (κ1) is 16.0. The summed E-state index contributed by atoms with van der Waals surface area (Å²) in [6.45, 7) is 6.64. The lowest BCUT2D eigenvalue weighted by atomic mass is 10.1. The molecule has 0 saturated carbocycles. The zero-order valence-electron chi connectivity index (χ0n) is 12.8. The number of carbonyl (C=O) groups is 2. The lowest BCUT2D eigenvalue weighted by Crippen LogP contribution is -2.40. The highest BCUT2D eigenvalue weighted by Crippen LogP contribution is 2.24. The van der Waals surface area contributed by atoms with Gasteiger partial charge in [-0.05, 0) is 19.0 Å². The second kappa shape index (κ2) is 6.58. The van der Waals surface area contributed by atoms with E-state index in [1.165, 1.54) is 4.88 Å². The predicted molar refractivity (Wildman–Crippen MR) is 84.5 cm³/mol. The molecule has 116 valence electrons. The lowest BCUT2D eigenvalue weighted by molar-refractivity contribution is -0.122. The van der Waals surface area contributed by atoms with Crippen molar-refractivity contribution in [2.75, 3.05) is 33.2 Å². The van der Waals surface area contributed by atoms with Gasteiger partial charge in [0.15, 0.2) is 0 Å². The number of nitrogens with zero attached hydrogens (tertiary/aromatic N) is 2. The lowest BCUT2D eigenvalue weighted by Gasteiger charge is -2.22. The van der Waals surface area contributed by atoms with E-state index in [4.69, 9.17) is 5.73 Å². The van der Waals surface area contributed by atoms with Gasteiger partial charge in [-0.1, -0.05) is 13.8 Å². The number of nitrogens with two attached hydrogens (primary N) is 1. The number of rotatable bonds is 3. The Hall–Kier alpha value is -1.40. The summed E-state index contributed by atoms with van der Waals surface area (Å²) in [5.74, 6) is -0.218. The monoisotopic (exact) mass is 309 g/mol. The van der Waals surface area contributed by atoms with Gasteiger partial charge in [0.2, 0.25) is 5.91 Å². The molecule has 0 radical (unpaired) electrons. The minimum Gasteiger partial charge on any atom is -0.369 e. The van der Waals surface area contributed by atoms with Gasteiger partial charge in [-0.25, -0.2) is 0 Å². The molecule has 1 aromatic heterocycles. The number of hydrogen-bond donors (Lipinski definition) is 1. The second-order valence-electron chi connectivity index (χ2n) is 6.01. The van der Waals surface area contributed by atoms with E-state index in [2.05, 4.69) is 18.7 Å². The van der Waals surface area contributed by atoms with Gasteiger partial charge in [0.25, 0.3) is 5.91 Å². The maximum absolute atomic E-state index is 12.6. The quantitative estimate of drug-likeness (QED) is 0.917. The largest absolute Gasteiger partial charge is 0.369 e. The number of primary amides is 1. The third-order valence-electron chi connectivity index (χ3n) is 3.85. The summed E-state index contributed by atoms with van der Waals surface area (Å²) >= 11 is 1.61. The maximum Gasteiger partial charge on any atom is 0.254 e. The summed E-state index contributed by atoms with van der Waals surface area (Å²) in [6, 6.07) is 1.96. The first-order valence-electron chi connectivity index (χ1n) is 7.24. The summed E-state index contributed by atoms with van der Waals surface area (Å²) in [7, 11) is 1.95. The molecule has 21 heavy (non-hydrogen) atoms. The highest BCUT2D eigenvalue weighted by Gasteiger charge is 2.28. The minimum absolute atomic E-state index is 0.000278. The topological polar surface area (TPSA) is 66.6 Å². The van der Waals surface area contributed by atoms with Gasteiger partial charge in [0.05, 0.1) is 11.5 Å². The molecule has 2 rings (SSSR count). The molecule has 1 saturated heterocycles. The molecule has 1 aromatic rings. The van der Waals surface area contributed by atoms with Crippen LogP contribution >= 0.6 is 11.3 Å². The fourth-order valence-corrected chi connectivity index (χ4v) is 3.39. The van der Waals surface area contributed by atoms with E-state index in [1.54, 1.807) is 16.2 Å². The van der Waals surface area contributed by atoms with Gasteiger partial charge < -0.3 is 15.5 Å². The minimum atomic E-state index is -0.338. The van der Waals surface area contributed by atoms with Gasteiger partial charge in [-0.15, -0.1) is 11.3 Å². The summed E-state index contributed by atoms with van der Waals surface area (Å²) in [5.41, 5.74) is 6.16. The first-order chi connectivity index (χ1) is 9.88. The van der Waals surface area contributed by atoms with Crippen LogP contribution in [0, 0.1) is 5.92 Å². The second-order valence-corrected chi connectivity index (χ2v) is 6.95. The number of likely N-dealkylation sites (N-methyl/N-ethyl adjacent to an activating group) is 1. The fourth-order valence-electron chi connectivity index (χ4n) is 2.49. The van der Waals surface area contributed by atoms with Gasteiger partial charge in [0, 0.05) is 36.4 Å². The van der Waals surface area contributed by atoms with Gasteiger partial charge in [-0.2, -0.15) is 0 Å². The van der Waals surface area contributed by atoms with Crippen molar-refractivity contribution in [2.45, 2.75) is 19.8 Å². The Labute approximate surface area is 129 Å². The summed E-state index contributed by atoms with van der Waals surface area (Å²) in [6.07, 6.45) is 0. The number of carbonyl (C=O) groups excluding carboxylic acids is 2. The Morgan fingerprint density at radius 2 is 2.05 bits per heavy atom. The zero-order valence-corrected chi connectivity index (χ0v) is 13.7. The Morgan fingerprint density at radius 3 is 2.62 bits per heavy atom. The van der Waals surface area contributed by atoms with Crippen molar-refractivity contribution >= 4 is 23.2 Å². The van der Waals surface area contributed by atoms with E-state index in [0.717, 1.165) is 12.1 Å². The Bertz CT molecular complexity index is 527. The van der Waals surface area contributed by atoms with E-state index in [0.29, 0.717) is 25.6 Å². The molecule has 2 heterocycles. The highest BCUT2D eigenvalue weighted by molar-refractivity contribution is 7.10. The SMILES string of the molecule is CC(C)c1cc(C(=O)N2CCN(C)CC(C(N)=O)C2)cs1.